The number of amides is 1. The molecule has 0 aliphatic carbocycles. The van der Waals surface area contributed by atoms with Crippen LogP contribution in [0.3, 0.4) is 0 Å². The highest BCUT2D eigenvalue weighted by atomic mass is 32.2. The van der Waals surface area contributed by atoms with Gasteiger partial charge in [-0.15, -0.1) is 0 Å². The molecule has 1 amide bonds. The molecule has 1 saturated heterocycles. The summed E-state index contributed by atoms with van der Waals surface area (Å²) in [4.78, 5) is 17.4. The average Bonchev–Trinajstić information content (AvgIpc) is 3.15. The molecule has 30 heavy (non-hydrogen) atoms. The highest BCUT2D eigenvalue weighted by Crippen LogP contribution is 2.30. The van der Waals surface area contributed by atoms with Crippen molar-refractivity contribution >= 4 is 42.6 Å². The lowest BCUT2D eigenvalue weighted by Crippen LogP contribution is -2.36. The van der Waals surface area contributed by atoms with Crippen molar-refractivity contribution in [3.05, 3.63) is 47.5 Å². The van der Waals surface area contributed by atoms with Crippen LogP contribution >= 0.6 is 11.3 Å². The number of carbonyl (C=O) groups excluding carboxylic acids is 1. The van der Waals surface area contributed by atoms with E-state index in [1.165, 1.54) is 21.7 Å². The number of ether oxygens (including phenoxy) is 1. The van der Waals surface area contributed by atoms with Crippen LogP contribution < -0.4 is 10.1 Å². The Morgan fingerprint density at radius 3 is 2.63 bits per heavy atom. The molecule has 4 rings (SSSR count). The van der Waals surface area contributed by atoms with Gasteiger partial charge in [-0.25, -0.2) is 13.4 Å². The Labute approximate surface area is 179 Å². The molecule has 1 aromatic heterocycles. The number of nitrogens with one attached hydrogen (secondary N) is 1. The van der Waals surface area contributed by atoms with Gasteiger partial charge in [-0.2, -0.15) is 4.31 Å². The minimum atomic E-state index is -3.62. The van der Waals surface area contributed by atoms with E-state index in [4.69, 9.17) is 4.74 Å². The van der Waals surface area contributed by atoms with Gasteiger partial charge in [0.15, 0.2) is 5.13 Å². The van der Waals surface area contributed by atoms with Crippen molar-refractivity contribution in [2.24, 2.45) is 0 Å². The summed E-state index contributed by atoms with van der Waals surface area (Å²) in [5.41, 5.74) is 1.67. The molecule has 1 N–H and O–H groups in total. The summed E-state index contributed by atoms with van der Waals surface area (Å²) >= 11 is 1.34. The zero-order valence-corrected chi connectivity index (χ0v) is 18.5. The number of piperidine rings is 1. The van der Waals surface area contributed by atoms with Crippen molar-refractivity contribution in [3.8, 4) is 5.75 Å². The summed E-state index contributed by atoms with van der Waals surface area (Å²) < 4.78 is 33.8. The summed E-state index contributed by atoms with van der Waals surface area (Å²) in [6, 6.07) is 10.3. The minimum absolute atomic E-state index is 0.186. The minimum Gasteiger partial charge on any atom is -0.497 e. The number of methoxy groups -OCH3 is 1. The normalized spacial score (nSPS) is 15.3. The molecular weight excluding hydrogens is 422 g/mol. The van der Waals surface area contributed by atoms with E-state index in [9.17, 15) is 13.2 Å². The molecule has 0 atom stereocenters. The molecular formula is C21H23N3O4S2. The van der Waals surface area contributed by atoms with Crippen LogP contribution in [0.1, 0.15) is 35.2 Å². The molecule has 2 aromatic carbocycles. The summed E-state index contributed by atoms with van der Waals surface area (Å²) in [6.45, 7) is 2.79. The zero-order valence-electron chi connectivity index (χ0n) is 16.8. The number of rotatable bonds is 5. The van der Waals surface area contributed by atoms with Crippen molar-refractivity contribution in [3.63, 3.8) is 0 Å². The first kappa shape index (κ1) is 20.8. The van der Waals surface area contributed by atoms with Gasteiger partial charge in [0, 0.05) is 18.7 Å². The van der Waals surface area contributed by atoms with Crippen LogP contribution in [-0.4, -0.2) is 43.8 Å². The van der Waals surface area contributed by atoms with E-state index in [1.54, 1.807) is 26.2 Å². The molecule has 0 bridgehead atoms. The standard InChI is InChI=1S/C21H23N3O4S2/c1-14-6-7-15(12-19(14)30(26,27)24-10-4-3-5-11-24)20(25)23-21-22-17-9-8-16(28-2)13-18(17)29-21/h6-9,12-13H,3-5,10-11H2,1-2H3,(H,22,23,25). The van der Waals surface area contributed by atoms with Crippen molar-refractivity contribution < 1.29 is 17.9 Å². The van der Waals surface area contributed by atoms with Gasteiger partial charge >= 0.3 is 0 Å². The van der Waals surface area contributed by atoms with E-state index in [2.05, 4.69) is 10.3 Å². The first-order chi connectivity index (χ1) is 14.4. The summed E-state index contributed by atoms with van der Waals surface area (Å²) in [5, 5.41) is 3.23. The topological polar surface area (TPSA) is 88.6 Å². The fourth-order valence-electron chi connectivity index (χ4n) is 3.52. The third-order valence-corrected chi connectivity index (χ3v) is 8.17. The maximum absolute atomic E-state index is 13.1. The van der Waals surface area contributed by atoms with E-state index in [0.717, 1.165) is 35.2 Å². The molecule has 2 heterocycles. The van der Waals surface area contributed by atoms with E-state index in [0.29, 0.717) is 23.8 Å². The maximum atomic E-state index is 13.1. The fraction of sp³-hybridized carbons (Fsp3) is 0.333. The molecule has 0 radical (unpaired) electrons. The second kappa shape index (κ2) is 8.33. The van der Waals surface area contributed by atoms with Gasteiger partial charge in [0.2, 0.25) is 10.0 Å². The summed E-state index contributed by atoms with van der Waals surface area (Å²) in [7, 11) is -2.03. The van der Waals surface area contributed by atoms with E-state index in [1.807, 2.05) is 18.2 Å². The van der Waals surface area contributed by atoms with Gasteiger partial charge in [-0.05, 0) is 55.7 Å². The van der Waals surface area contributed by atoms with E-state index >= 15 is 0 Å². The van der Waals surface area contributed by atoms with Gasteiger partial charge in [0.1, 0.15) is 5.75 Å². The summed E-state index contributed by atoms with van der Waals surface area (Å²) in [6.07, 6.45) is 2.77. The summed E-state index contributed by atoms with van der Waals surface area (Å²) in [5.74, 6) is 0.325. The van der Waals surface area contributed by atoms with Gasteiger partial charge < -0.3 is 4.74 Å². The van der Waals surface area contributed by atoms with Crippen LogP contribution in [0.2, 0.25) is 0 Å². The number of aromatic nitrogens is 1. The number of nitrogens with zero attached hydrogens (tertiary/aromatic N) is 2. The highest BCUT2D eigenvalue weighted by molar-refractivity contribution is 7.89. The number of carbonyl (C=O) groups is 1. The van der Waals surface area contributed by atoms with E-state index in [-0.39, 0.29) is 10.5 Å². The average molecular weight is 446 g/mol. The monoisotopic (exact) mass is 445 g/mol. The predicted molar refractivity (Wildman–Crippen MR) is 118 cm³/mol. The van der Waals surface area contributed by atoms with Gasteiger partial charge in [0.05, 0.1) is 22.2 Å². The number of hydrogen-bond donors (Lipinski definition) is 1. The lowest BCUT2D eigenvalue weighted by Gasteiger charge is -2.26. The Morgan fingerprint density at radius 2 is 1.90 bits per heavy atom. The van der Waals surface area contributed by atoms with Crippen LogP contribution in [0.25, 0.3) is 10.2 Å². The lowest BCUT2D eigenvalue weighted by atomic mass is 10.1. The molecule has 1 fully saturated rings. The second-order valence-corrected chi connectivity index (χ2v) is 10.2. The van der Waals surface area contributed by atoms with Crippen LogP contribution in [0, 0.1) is 6.92 Å². The fourth-order valence-corrected chi connectivity index (χ4v) is 6.18. The molecule has 0 saturated carbocycles. The number of benzene rings is 2. The van der Waals surface area contributed by atoms with Crippen molar-refractivity contribution in [1.29, 1.82) is 0 Å². The van der Waals surface area contributed by atoms with Crippen LogP contribution in [0.4, 0.5) is 5.13 Å². The molecule has 7 nitrogen and oxygen atoms in total. The largest absolute Gasteiger partial charge is 0.497 e. The Hall–Kier alpha value is -2.49. The SMILES string of the molecule is COc1ccc2nc(NC(=O)c3ccc(C)c(S(=O)(=O)N4CCCCC4)c3)sc2c1. The van der Waals surface area contributed by atoms with Gasteiger partial charge in [0.25, 0.3) is 5.91 Å². The first-order valence-corrected chi connectivity index (χ1v) is 12.0. The highest BCUT2D eigenvalue weighted by Gasteiger charge is 2.28. The number of hydrogen-bond acceptors (Lipinski definition) is 6. The molecule has 0 unspecified atom stereocenters. The van der Waals surface area contributed by atoms with Crippen molar-refractivity contribution in [2.75, 3.05) is 25.5 Å². The number of sulfonamides is 1. The number of fused-ring (bicyclic) bond motifs is 1. The number of anilines is 1. The third-order valence-electron chi connectivity index (χ3n) is 5.20. The Bertz CT molecular complexity index is 1200. The molecule has 0 spiro atoms. The van der Waals surface area contributed by atoms with Crippen LogP contribution in [-0.2, 0) is 10.0 Å². The van der Waals surface area contributed by atoms with Crippen molar-refractivity contribution in [2.45, 2.75) is 31.1 Å². The quantitative estimate of drug-likeness (QED) is 0.640. The number of aryl methyl sites for hydroxylation is 1. The first-order valence-electron chi connectivity index (χ1n) is 9.75. The number of thiazole rings is 1. The van der Waals surface area contributed by atoms with Crippen molar-refractivity contribution in [1.82, 2.24) is 9.29 Å². The van der Waals surface area contributed by atoms with Gasteiger partial charge in [-0.3, -0.25) is 10.1 Å². The Morgan fingerprint density at radius 1 is 1.13 bits per heavy atom. The Balaban J connectivity index is 1.59. The molecule has 1 aliphatic rings. The second-order valence-electron chi connectivity index (χ2n) is 7.25. The lowest BCUT2D eigenvalue weighted by molar-refractivity contribution is 0.102. The predicted octanol–water partition coefficient (Wildman–Crippen LogP) is 4.04. The zero-order chi connectivity index (χ0) is 21.3. The molecule has 9 heteroatoms. The molecule has 1 aliphatic heterocycles. The van der Waals surface area contributed by atoms with Gasteiger partial charge in [-0.1, -0.05) is 23.8 Å². The Kier molecular flexibility index (Phi) is 5.77. The maximum Gasteiger partial charge on any atom is 0.257 e. The smallest absolute Gasteiger partial charge is 0.257 e. The molecule has 158 valence electrons. The van der Waals surface area contributed by atoms with Crippen LogP contribution in [0.15, 0.2) is 41.3 Å². The van der Waals surface area contributed by atoms with Crippen LogP contribution in [0.5, 0.6) is 5.75 Å². The third kappa shape index (κ3) is 4.05. The molecule has 3 aromatic rings. The van der Waals surface area contributed by atoms with E-state index < -0.39 is 15.9 Å².